The largest absolute Gasteiger partial charge is 0.493 e. The van der Waals surface area contributed by atoms with E-state index in [9.17, 15) is 38.4 Å². The Kier molecular flexibility index (Phi) is 30.7. The normalized spacial score (nSPS) is 13.6. The van der Waals surface area contributed by atoms with Crippen LogP contribution in [0, 0.1) is 13.8 Å². The lowest BCUT2D eigenvalue weighted by molar-refractivity contribution is -0.126. The molecule has 0 radical (unpaired) electrons. The van der Waals surface area contributed by atoms with E-state index in [-0.39, 0.29) is 52.8 Å². The molecule has 0 bridgehead atoms. The van der Waals surface area contributed by atoms with Crippen molar-refractivity contribution in [2.24, 2.45) is 0 Å². The summed E-state index contributed by atoms with van der Waals surface area (Å²) in [4.78, 5) is 112. The molecule has 22 nitrogen and oxygen atoms in total. The van der Waals surface area contributed by atoms with Gasteiger partial charge in [-0.25, -0.2) is 19.2 Å². The molecule has 3 aromatic heterocycles. The molecule has 0 aliphatic carbocycles. The molecule has 1 aliphatic heterocycles. The van der Waals surface area contributed by atoms with E-state index >= 15 is 0 Å². The monoisotopic (exact) mass is 1430 g/mol. The van der Waals surface area contributed by atoms with Crippen LogP contribution in [0.25, 0.3) is 33.1 Å². The first-order valence-electron chi connectivity index (χ1n) is 36.0. The van der Waals surface area contributed by atoms with Crippen molar-refractivity contribution in [2.45, 2.75) is 155 Å². The zero-order chi connectivity index (χ0) is 74.5. The van der Waals surface area contributed by atoms with Gasteiger partial charge in [-0.05, 0) is 142 Å². The predicted octanol–water partition coefficient (Wildman–Crippen LogP) is 12.3. The summed E-state index contributed by atoms with van der Waals surface area (Å²) >= 11 is 1.67. The van der Waals surface area contributed by atoms with Crippen molar-refractivity contribution in [1.29, 1.82) is 0 Å². The summed E-state index contributed by atoms with van der Waals surface area (Å²) in [7, 11) is 3.07. The number of nitrogens with zero attached hydrogens (tertiary/aromatic N) is 4. The topological polar surface area (TPSA) is 281 Å². The summed E-state index contributed by atoms with van der Waals surface area (Å²) in [6, 6.07) is 52.3. The Hall–Kier alpha value is -10.6. The van der Waals surface area contributed by atoms with E-state index in [1.165, 1.54) is 24.4 Å². The number of unbranched alkanes of at least 4 members (excludes halogenated alkanes) is 2. The Morgan fingerprint density at radius 1 is 0.471 bits per heavy atom. The molecule has 1 aliphatic rings. The number of aromatic amines is 3. The molecule has 552 valence electrons. The summed E-state index contributed by atoms with van der Waals surface area (Å²) in [5, 5.41) is 14.7. The van der Waals surface area contributed by atoms with Gasteiger partial charge in [0.05, 0.1) is 47.3 Å². The number of H-pyrrole nitrogens is 3. The van der Waals surface area contributed by atoms with Gasteiger partial charge in [-0.1, -0.05) is 173 Å². The van der Waals surface area contributed by atoms with E-state index in [0.717, 1.165) is 101 Å². The minimum atomic E-state index is -0.618. The van der Waals surface area contributed by atoms with Gasteiger partial charge in [-0.15, -0.1) is 0 Å². The Morgan fingerprint density at radius 2 is 0.875 bits per heavy atom. The van der Waals surface area contributed by atoms with Crippen LogP contribution < -0.4 is 53.1 Å². The zero-order valence-corrected chi connectivity index (χ0v) is 62.2. The molecule has 6 amide bonds. The van der Waals surface area contributed by atoms with Crippen LogP contribution in [0.2, 0.25) is 0 Å². The number of benzene rings is 7. The van der Waals surface area contributed by atoms with Crippen molar-refractivity contribution in [3.05, 3.63) is 235 Å². The molecule has 0 spiro atoms. The van der Waals surface area contributed by atoms with Crippen LogP contribution in [0.4, 0.5) is 4.79 Å². The number of rotatable bonds is 31. The van der Waals surface area contributed by atoms with Crippen molar-refractivity contribution < 1.29 is 33.4 Å². The number of urea groups is 1. The van der Waals surface area contributed by atoms with Gasteiger partial charge in [0, 0.05) is 50.9 Å². The average Bonchev–Trinajstić information content (AvgIpc) is 1.71. The molecule has 1 saturated heterocycles. The molecule has 0 saturated carbocycles. The molecule has 5 atom stereocenters. The molecular formula is C81H102N12O10S. The molecule has 104 heavy (non-hydrogen) atoms. The molecular weight excluding hydrogens is 1330 g/mol. The molecule has 11 rings (SSSR count). The number of hydrogen-bond acceptors (Lipinski definition) is 11. The molecule has 1 fully saturated rings. The SMILES string of the molecule is CCCC(C(=O)NCc1ccccc1)n1c(=O)[nH]c2cc(OC)c(OC)cc21.CCCCNC(=O)C(CCc1ccccc1)N1C(=O)NCC1C.CCCCNC(=O)C(CCc1ccccc1)n1c(=O)[nH]c2ccccc21.CSCCC(C(=O)NCc1ccccc1)n1c(=O)[nH]c2cc(C)c(C)cc21. The van der Waals surface area contributed by atoms with Gasteiger partial charge < -0.3 is 55.9 Å². The minimum absolute atomic E-state index is 0.0419. The number of aryl methyl sites for hydroxylation is 4. The molecule has 8 N–H and O–H groups in total. The van der Waals surface area contributed by atoms with Crippen LogP contribution >= 0.6 is 11.8 Å². The lowest BCUT2D eigenvalue weighted by atomic mass is 10.0. The number of methoxy groups -OCH3 is 2. The number of hydrogen-bond donors (Lipinski definition) is 8. The van der Waals surface area contributed by atoms with Gasteiger partial charge in [0.15, 0.2) is 11.5 Å². The number of carbonyl (C=O) groups is 5. The number of carbonyl (C=O) groups excluding carboxylic acids is 5. The predicted molar refractivity (Wildman–Crippen MR) is 416 cm³/mol. The second kappa shape index (κ2) is 40.3. The molecule has 23 heteroatoms. The van der Waals surface area contributed by atoms with Crippen molar-refractivity contribution in [3.8, 4) is 11.5 Å². The quantitative estimate of drug-likeness (QED) is 0.0189. The van der Waals surface area contributed by atoms with E-state index in [1.54, 1.807) is 37.9 Å². The fraction of sp³-hybridized carbons (Fsp3) is 0.383. The second-order valence-electron chi connectivity index (χ2n) is 25.9. The maximum absolute atomic E-state index is 13.0. The first kappa shape index (κ1) is 79.2. The van der Waals surface area contributed by atoms with E-state index in [4.69, 9.17) is 9.47 Å². The maximum Gasteiger partial charge on any atom is 0.327 e. The van der Waals surface area contributed by atoms with Gasteiger partial charge in [-0.3, -0.25) is 32.9 Å². The van der Waals surface area contributed by atoms with Crippen molar-refractivity contribution in [3.63, 3.8) is 0 Å². The molecule has 4 heterocycles. The first-order chi connectivity index (χ1) is 50.4. The van der Waals surface area contributed by atoms with Gasteiger partial charge in [-0.2, -0.15) is 11.8 Å². The number of thioether (sulfide) groups is 1. The maximum atomic E-state index is 13.0. The highest BCUT2D eigenvalue weighted by Crippen LogP contribution is 2.33. The van der Waals surface area contributed by atoms with Crippen molar-refractivity contribution in [2.75, 3.05) is 45.9 Å². The van der Waals surface area contributed by atoms with Crippen LogP contribution in [-0.4, -0.2) is 121 Å². The van der Waals surface area contributed by atoms with Gasteiger partial charge >= 0.3 is 23.1 Å². The Labute approximate surface area is 612 Å². The minimum Gasteiger partial charge on any atom is -0.493 e. The number of para-hydroxylation sites is 2. The average molecular weight is 1440 g/mol. The van der Waals surface area contributed by atoms with Crippen LogP contribution in [0.1, 0.15) is 137 Å². The van der Waals surface area contributed by atoms with Gasteiger partial charge in [0.1, 0.15) is 24.2 Å². The summed E-state index contributed by atoms with van der Waals surface area (Å²) in [5.41, 5.74) is 10.1. The fourth-order valence-corrected chi connectivity index (χ4v) is 13.1. The van der Waals surface area contributed by atoms with Crippen molar-refractivity contribution in [1.82, 2.24) is 60.1 Å². The second-order valence-corrected chi connectivity index (χ2v) is 26.9. The summed E-state index contributed by atoms with van der Waals surface area (Å²) in [6.07, 6.45) is 10.6. The van der Waals surface area contributed by atoms with Gasteiger partial charge in [0.25, 0.3) is 0 Å². The Bertz CT molecular complexity index is 4570. The zero-order valence-electron chi connectivity index (χ0n) is 61.4. The van der Waals surface area contributed by atoms with Crippen LogP contribution in [0.5, 0.6) is 11.5 Å². The highest BCUT2D eigenvalue weighted by Gasteiger charge is 2.37. The fourth-order valence-electron chi connectivity index (χ4n) is 12.7. The van der Waals surface area contributed by atoms with Crippen LogP contribution in [0.15, 0.2) is 184 Å². The smallest absolute Gasteiger partial charge is 0.327 e. The third-order valence-electron chi connectivity index (χ3n) is 18.5. The highest BCUT2D eigenvalue weighted by atomic mass is 32.2. The van der Waals surface area contributed by atoms with E-state index in [1.807, 2.05) is 180 Å². The van der Waals surface area contributed by atoms with Gasteiger partial charge in [0.2, 0.25) is 23.6 Å². The summed E-state index contributed by atoms with van der Waals surface area (Å²) in [5.74, 6) is 1.36. The standard InChI is InChI=1S/C21H25N3O4.C21H25N3O2S.C21H25N3O2.C18H27N3O2/c1-4-8-16(20(25)22-13-14-9-6-5-7-10-14)24-17-12-19(28-3)18(27-2)11-15(17)23-21(24)26;1-14-11-17-19(12-15(14)2)24(21(26)23-17)18(9-10-27-3)20(25)22-13-16-7-5-4-6-8-16;1-2-3-15-22-20(25)19(14-13-16-9-5-4-6-10-16)24-18-12-8-7-11-17(18)23-21(24)26;1-3-4-12-19-17(22)16(21-14(2)13-20-18(21)23)11-10-15-8-6-5-7-9-15/h5-7,9-12,16H,4,8,13H2,1-3H3,(H,22,25)(H,23,26);4-8,11-12,18H,9-10,13H2,1-3H3,(H,22,25)(H,23,26);4-12,19H,2-3,13-15H2,1H3,(H,22,25)(H,23,26);5-9,14,16H,3-4,10-13H2,1-2H3,(H,19,22)(H,20,23). The first-order valence-corrected chi connectivity index (χ1v) is 37.4. The van der Waals surface area contributed by atoms with E-state index in [0.29, 0.717) is 80.9 Å². The number of imidazole rings is 3. The highest BCUT2D eigenvalue weighted by molar-refractivity contribution is 7.98. The third kappa shape index (κ3) is 21.5. The third-order valence-corrected chi connectivity index (χ3v) is 19.1. The van der Waals surface area contributed by atoms with Crippen molar-refractivity contribution >= 4 is 74.5 Å². The molecule has 5 unspecified atom stereocenters. The van der Waals surface area contributed by atoms with Crippen LogP contribution in [-0.2, 0) is 45.1 Å². The molecule has 7 aromatic carbocycles. The number of fused-ring (bicyclic) bond motifs is 3. The number of amides is 6. The number of nitrogens with one attached hydrogen (secondary N) is 8. The lowest BCUT2D eigenvalue weighted by Crippen LogP contribution is -2.51. The lowest BCUT2D eigenvalue weighted by Gasteiger charge is -2.29. The summed E-state index contributed by atoms with van der Waals surface area (Å²) in [6.45, 7) is 14.9. The van der Waals surface area contributed by atoms with E-state index in [2.05, 4.69) is 67.5 Å². The van der Waals surface area contributed by atoms with Crippen LogP contribution in [0.3, 0.4) is 0 Å². The number of ether oxygens (including phenoxy) is 2. The molecule has 10 aromatic rings. The Balaban J connectivity index is 0.000000176. The number of aromatic nitrogens is 6. The Morgan fingerprint density at radius 3 is 1.36 bits per heavy atom. The summed E-state index contributed by atoms with van der Waals surface area (Å²) < 4.78 is 15.4. The van der Waals surface area contributed by atoms with E-state index < -0.39 is 24.2 Å².